The number of fused-ring (bicyclic) bond motifs is 1. The molecule has 138 valence electrons. The van der Waals surface area contributed by atoms with Crippen molar-refractivity contribution in [2.45, 2.75) is 0 Å². The minimum atomic E-state index is -1.05. The van der Waals surface area contributed by atoms with Crippen LogP contribution in [-0.2, 0) is 0 Å². The van der Waals surface area contributed by atoms with Crippen molar-refractivity contribution < 1.29 is 13.6 Å². The van der Waals surface area contributed by atoms with Crippen LogP contribution in [0.25, 0.3) is 10.9 Å². The van der Waals surface area contributed by atoms with Crippen molar-refractivity contribution in [3.05, 3.63) is 84.3 Å². The van der Waals surface area contributed by atoms with Gasteiger partial charge in [-0.2, -0.15) is 0 Å². The largest absolute Gasteiger partial charge is 0.322 e. The van der Waals surface area contributed by atoms with Crippen LogP contribution in [0.2, 0.25) is 0 Å². The second-order valence-corrected chi connectivity index (χ2v) is 5.85. The van der Waals surface area contributed by atoms with Crippen LogP contribution in [0.1, 0.15) is 10.5 Å². The second-order valence-electron chi connectivity index (χ2n) is 5.85. The molecular weight excluding hydrogens is 364 g/mol. The van der Waals surface area contributed by atoms with Gasteiger partial charge < -0.3 is 10.6 Å². The Balaban J connectivity index is 1.57. The molecule has 0 bridgehead atoms. The third-order valence-electron chi connectivity index (χ3n) is 3.94. The molecule has 0 aliphatic heterocycles. The Morgan fingerprint density at radius 2 is 1.75 bits per heavy atom. The average molecular weight is 377 g/mol. The maximum absolute atomic E-state index is 13.3. The fourth-order valence-corrected chi connectivity index (χ4v) is 2.64. The SMILES string of the molecule is O=C(Nc1ccc(F)c(F)c1)c1ccnc(Nc2cccc3cccnc23)n1. The zero-order chi connectivity index (χ0) is 19.5. The number of amides is 1. The van der Waals surface area contributed by atoms with E-state index in [0.29, 0.717) is 5.69 Å². The van der Waals surface area contributed by atoms with Crippen LogP contribution in [0.5, 0.6) is 0 Å². The molecule has 6 nitrogen and oxygen atoms in total. The predicted molar refractivity (Wildman–Crippen MR) is 101 cm³/mol. The number of hydrogen-bond acceptors (Lipinski definition) is 5. The van der Waals surface area contributed by atoms with Gasteiger partial charge in [-0.3, -0.25) is 9.78 Å². The highest BCUT2D eigenvalue weighted by Crippen LogP contribution is 2.23. The van der Waals surface area contributed by atoms with E-state index in [1.165, 1.54) is 18.3 Å². The summed E-state index contributed by atoms with van der Waals surface area (Å²) in [6.45, 7) is 0. The first-order chi connectivity index (χ1) is 13.6. The highest BCUT2D eigenvalue weighted by Gasteiger charge is 2.12. The monoisotopic (exact) mass is 377 g/mol. The number of rotatable bonds is 4. The Labute approximate surface area is 158 Å². The van der Waals surface area contributed by atoms with Crippen LogP contribution >= 0.6 is 0 Å². The lowest BCUT2D eigenvalue weighted by Gasteiger charge is -2.09. The van der Waals surface area contributed by atoms with E-state index in [-0.39, 0.29) is 17.3 Å². The Kier molecular flexibility index (Phi) is 4.59. The van der Waals surface area contributed by atoms with Gasteiger partial charge in [0, 0.05) is 29.5 Å². The van der Waals surface area contributed by atoms with E-state index in [9.17, 15) is 13.6 Å². The zero-order valence-corrected chi connectivity index (χ0v) is 14.4. The first-order valence-electron chi connectivity index (χ1n) is 8.30. The molecule has 28 heavy (non-hydrogen) atoms. The van der Waals surface area contributed by atoms with Crippen molar-refractivity contribution in [2.24, 2.45) is 0 Å². The number of hydrogen-bond donors (Lipinski definition) is 2. The summed E-state index contributed by atoms with van der Waals surface area (Å²) in [5.41, 5.74) is 1.62. The number of pyridine rings is 1. The molecule has 2 heterocycles. The van der Waals surface area contributed by atoms with Crippen molar-refractivity contribution in [3.8, 4) is 0 Å². The van der Waals surface area contributed by atoms with E-state index in [2.05, 4.69) is 25.6 Å². The molecule has 0 radical (unpaired) electrons. The first kappa shape index (κ1) is 17.5. The summed E-state index contributed by atoms with van der Waals surface area (Å²) < 4.78 is 26.3. The van der Waals surface area contributed by atoms with Crippen molar-refractivity contribution >= 4 is 34.1 Å². The third kappa shape index (κ3) is 3.61. The Morgan fingerprint density at radius 3 is 2.61 bits per heavy atom. The lowest BCUT2D eigenvalue weighted by molar-refractivity contribution is 0.102. The molecule has 4 aromatic rings. The van der Waals surface area contributed by atoms with E-state index >= 15 is 0 Å². The van der Waals surface area contributed by atoms with Gasteiger partial charge in [-0.1, -0.05) is 18.2 Å². The molecule has 0 saturated carbocycles. The lowest BCUT2D eigenvalue weighted by Crippen LogP contribution is -2.15. The summed E-state index contributed by atoms with van der Waals surface area (Å²) in [6, 6.07) is 13.9. The lowest BCUT2D eigenvalue weighted by atomic mass is 10.2. The number of anilines is 3. The minimum absolute atomic E-state index is 0.0652. The van der Waals surface area contributed by atoms with Crippen LogP contribution in [0.15, 0.2) is 67.0 Å². The standard InChI is InChI=1S/C20H13F2N5O/c21-14-7-6-13(11-15(14)22)25-19(28)17-8-10-24-20(27-17)26-16-5-1-3-12-4-2-9-23-18(12)16/h1-11H,(H,25,28)(H,24,26,27). The van der Waals surface area contributed by atoms with Crippen LogP contribution in [0.4, 0.5) is 26.1 Å². The highest BCUT2D eigenvalue weighted by molar-refractivity contribution is 6.03. The summed E-state index contributed by atoms with van der Waals surface area (Å²) in [5.74, 6) is -2.41. The van der Waals surface area contributed by atoms with Crippen molar-refractivity contribution in [2.75, 3.05) is 10.6 Å². The summed E-state index contributed by atoms with van der Waals surface area (Å²) >= 11 is 0. The van der Waals surface area contributed by atoms with Crippen LogP contribution < -0.4 is 10.6 Å². The number of aromatic nitrogens is 3. The average Bonchev–Trinajstić information content (AvgIpc) is 2.71. The van der Waals surface area contributed by atoms with Gasteiger partial charge in [-0.05, 0) is 30.3 Å². The van der Waals surface area contributed by atoms with Gasteiger partial charge in [-0.15, -0.1) is 0 Å². The molecule has 2 aromatic carbocycles. The molecule has 0 fully saturated rings. The van der Waals surface area contributed by atoms with E-state index < -0.39 is 17.5 Å². The van der Waals surface area contributed by atoms with Crippen molar-refractivity contribution in [1.82, 2.24) is 15.0 Å². The summed E-state index contributed by atoms with van der Waals surface area (Å²) in [6.07, 6.45) is 3.11. The molecule has 8 heteroatoms. The van der Waals surface area contributed by atoms with Gasteiger partial charge in [0.05, 0.1) is 11.2 Å². The number of carbonyl (C=O) groups is 1. The van der Waals surface area contributed by atoms with E-state index in [1.807, 2.05) is 30.3 Å². The Morgan fingerprint density at radius 1 is 0.893 bits per heavy atom. The molecule has 0 aliphatic rings. The van der Waals surface area contributed by atoms with Gasteiger partial charge in [-0.25, -0.2) is 18.7 Å². The molecule has 2 N–H and O–H groups in total. The number of benzene rings is 2. The summed E-state index contributed by atoms with van der Waals surface area (Å²) in [5, 5.41) is 6.46. The van der Waals surface area contributed by atoms with Gasteiger partial charge >= 0.3 is 0 Å². The fourth-order valence-electron chi connectivity index (χ4n) is 2.64. The van der Waals surface area contributed by atoms with Crippen LogP contribution in [0.3, 0.4) is 0 Å². The maximum atomic E-state index is 13.3. The number of carbonyl (C=O) groups excluding carboxylic acids is 1. The molecule has 0 saturated heterocycles. The third-order valence-corrected chi connectivity index (χ3v) is 3.94. The van der Waals surface area contributed by atoms with Crippen molar-refractivity contribution in [1.29, 1.82) is 0 Å². The smallest absolute Gasteiger partial charge is 0.274 e. The highest BCUT2D eigenvalue weighted by atomic mass is 19.2. The number of nitrogens with zero attached hydrogens (tertiary/aromatic N) is 3. The van der Waals surface area contributed by atoms with Crippen molar-refractivity contribution in [3.63, 3.8) is 0 Å². The van der Waals surface area contributed by atoms with Gasteiger partial charge in [0.15, 0.2) is 11.6 Å². The predicted octanol–water partition coefficient (Wildman–Crippen LogP) is 4.30. The zero-order valence-electron chi connectivity index (χ0n) is 14.4. The van der Waals surface area contributed by atoms with Crippen LogP contribution in [-0.4, -0.2) is 20.9 Å². The number of halogens is 2. The first-order valence-corrected chi connectivity index (χ1v) is 8.30. The Hall–Kier alpha value is -3.94. The molecule has 4 rings (SSSR count). The molecular formula is C20H13F2N5O. The summed E-state index contributed by atoms with van der Waals surface area (Å²) in [4.78, 5) is 25.0. The fraction of sp³-hybridized carbons (Fsp3) is 0. The quantitative estimate of drug-likeness (QED) is 0.554. The van der Waals surface area contributed by atoms with Gasteiger partial charge in [0.2, 0.25) is 5.95 Å². The molecule has 0 aliphatic carbocycles. The van der Waals surface area contributed by atoms with Gasteiger partial charge in [0.1, 0.15) is 5.69 Å². The minimum Gasteiger partial charge on any atom is -0.322 e. The van der Waals surface area contributed by atoms with Gasteiger partial charge in [0.25, 0.3) is 5.91 Å². The molecule has 0 atom stereocenters. The van der Waals surface area contributed by atoms with E-state index in [0.717, 1.165) is 23.0 Å². The summed E-state index contributed by atoms with van der Waals surface area (Å²) in [7, 11) is 0. The second kappa shape index (κ2) is 7.36. The molecule has 2 aromatic heterocycles. The number of nitrogens with one attached hydrogen (secondary N) is 2. The number of para-hydroxylation sites is 1. The normalized spacial score (nSPS) is 10.6. The van der Waals surface area contributed by atoms with E-state index in [4.69, 9.17) is 0 Å². The van der Waals surface area contributed by atoms with E-state index in [1.54, 1.807) is 6.20 Å². The molecule has 0 unspecified atom stereocenters. The Bertz CT molecular complexity index is 1180. The molecule has 0 spiro atoms. The van der Waals surface area contributed by atoms with Crippen LogP contribution in [0, 0.1) is 11.6 Å². The topological polar surface area (TPSA) is 79.8 Å². The molecule has 1 amide bonds. The maximum Gasteiger partial charge on any atom is 0.274 e.